The zero-order valence-corrected chi connectivity index (χ0v) is 23.5. The SMILES string of the molecule is CCCN1CC=C[C@H]2O[C@]34C=CCN(CCN5CCOCC5)C(=O)C3N([C@@H](CO)CC(C)C)C(=O)[C@@H]4[C@H]2C1=O. The predicted octanol–water partition coefficient (Wildman–Crippen LogP) is 0.513. The molecule has 216 valence electrons. The minimum atomic E-state index is -1.25. The smallest absolute Gasteiger partial charge is 0.249 e. The van der Waals surface area contributed by atoms with Crippen LogP contribution in [0.15, 0.2) is 24.3 Å². The Morgan fingerprint density at radius 3 is 2.41 bits per heavy atom. The van der Waals surface area contributed by atoms with Crippen LogP contribution in [0, 0.1) is 17.8 Å². The van der Waals surface area contributed by atoms with Gasteiger partial charge in [-0.15, -0.1) is 0 Å². The molecule has 0 aromatic rings. The first-order valence-electron chi connectivity index (χ1n) is 14.6. The number of rotatable bonds is 9. The molecule has 3 saturated heterocycles. The highest BCUT2D eigenvalue weighted by Crippen LogP contribution is 2.54. The summed E-state index contributed by atoms with van der Waals surface area (Å²) < 4.78 is 12.2. The van der Waals surface area contributed by atoms with Crippen molar-refractivity contribution in [2.45, 2.75) is 57.4 Å². The Balaban J connectivity index is 1.51. The maximum atomic E-state index is 14.4. The molecule has 0 aromatic heterocycles. The van der Waals surface area contributed by atoms with E-state index in [1.54, 1.807) is 14.7 Å². The third kappa shape index (κ3) is 5.05. The van der Waals surface area contributed by atoms with Crippen molar-refractivity contribution in [1.29, 1.82) is 0 Å². The van der Waals surface area contributed by atoms with Gasteiger partial charge in [0.25, 0.3) is 0 Å². The lowest BCUT2D eigenvalue weighted by Crippen LogP contribution is -2.59. The highest BCUT2D eigenvalue weighted by molar-refractivity contribution is 6.00. The van der Waals surface area contributed by atoms with Crippen molar-refractivity contribution in [2.24, 2.45) is 17.8 Å². The van der Waals surface area contributed by atoms with Crippen LogP contribution in [0.3, 0.4) is 0 Å². The van der Waals surface area contributed by atoms with Crippen LogP contribution in [-0.4, -0.2) is 132 Å². The molecule has 0 aromatic carbocycles. The Labute approximate surface area is 231 Å². The number of fused-ring (bicyclic) bond motifs is 2. The Morgan fingerprint density at radius 2 is 1.72 bits per heavy atom. The van der Waals surface area contributed by atoms with Crippen LogP contribution in [0.1, 0.15) is 33.6 Å². The fourth-order valence-electron chi connectivity index (χ4n) is 7.15. The van der Waals surface area contributed by atoms with Crippen LogP contribution in [0.5, 0.6) is 0 Å². The Bertz CT molecular complexity index is 994. The summed E-state index contributed by atoms with van der Waals surface area (Å²) in [6.45, 7) is 11.6. The molecule has 5 aliphatic rings. The van der Waals surface area contributed by atoms with E-state index < -0.39 is 35.6 Å². The lowest BCUT2D eigenvalue weighted by molar-refractivity contribution is -0.151. The molecule has 5 heterocycles. The highest BCUT2D eigenvalue weighted by Gasteiger charge is 2.72. The molecule has 0 aliphatic carbocycles. The Kier molecular flexibility index (Phi) is 8.47. The Morgan fingerprint density at radius 1 is 1.00 bits per heavy atom. The molecule has 39 heavy (non-hydrogen) atoms. The topological polar surface area (TPSA) is 103 Å². The number of ether oxygens (including phenoxy) is 2. The first-order valence-corrected chi connectivity index (χ1v) is 14.6. The molecular weight excluding hydrogens is 500 g/mol. The van der Waals surface area contributed by atoms with Gasteiger partial charge < -0.3 is 29.3 Å². The van der Waals surface area contributed by atoms with Crippen molar-refractivity contribution in [3.05, 3.63) is 24.3 Å². The second-order valence-corrected chi connectivity index (χ2v) is 11.9. The molecule has 1 unspecified atom stereocenters. The standard InChI is InChI=1S/C29H44N4O6/c1-4-9-31-10-5-7-22-23(26(31)35)24-27(36)33(21(19-34)18-20(2)3)25-28(37)32(11-6-8-29(24,25)39-22)13-12-30-14-16-38-17-15-30/h5-8,20-25,34H,4,9-19H2,1-3H3/t21-,22-,23+,24+,25?,29+/m1/s1. The van der Waals surface area contributed by atoms with Gasteiger partial charge in [-0.05, 0) is 18.8 Å². The minimum Gasteiger partial charge on any atom is -0.394 e. The van der Waals surface area contributed by atoms with Gasteiger partial charge in [0.1, 0.15) is 11.6 Å². The van der Waals surface area contributed by atoms with E-state index in [9.17, 15) is 19.5 Å². The average Bonchev–Trinajstić information content (AvgIpc) is 3.25. The van der Waals surface area contributed by atoms with Gasteiger partial charge in [-0.2, -0.15) is 0 Å². The zero-order valence-electron chi connectivity index (χ0n) is 23.5. The summed E-state index contributed by atoms with van der Waals surface area (Å²) in [4.78, 5) is 50.1. The van der Waals surface area contributed by atoms with E-state index in [0.29, 0.717) is 45.8 Å². The van der Waals surface area contributed by atoms with E-state index in [0.717, 1.165) is 26.1 Å². The summed E-state index contributed by atoms with van der Waals surface area (Å²) in [6.07, 6.45) is 8.45. The number of likely N-dealkylation sites (tertiary alicyclic amines) is 1. The molecule has 5 rings (SSSR count). The lowest BCUT2D eigenvalue weighted by atomic mass is 9.77. The maximum Gasteiger partial charge on any atom is 0.249 e. The quantitative estimate of drug-likeness (QED) is 0.422. The number of carbonyl (C=O) groups excluding carboxylic acids is 3. The summed E-state index contributed by atoms with van der Waals surface area (Å²) in [6, 6.07) is -1.46. The molecule has 10 heteroatoms. The number of hydrogen-bond donors (Lipinski definition) is 1. The summed E-state index contributed by atoms with van der Waals surface area (Å²) in [5.74, 6) is -1.85. The number of nitrogens with zero attached hydrogens (tertiary/aromatic N) is 4. The second-order valence-electron chi connectivity index (χ2n) is 11.9. The van der Waals surface area contributed by atoms with Gasteiger partial charge in [-0.1, -0.05) is 45.1 Å². The first-order chi connectivity index (χ1) is 18.8. The van der Waals surface area contributed by atoms with Crippen LogP contribution in [0.25, 0.3) is 0 Å². The van der Waals surface area contributed by atoms with E-state index in [4.69, 9.17) is 9.47 Å². The fourth-order valence-corrected chi connectivity index (χ4v) is 7.15. The van der Waals surface area contributed by atoms with Gasteiger partial charge in [-0.25, -0.2) is 0 Å². The Hall–Kier alpha value is -2.27. The second kappa shape index (κ2) is 11.7. The summed E-state index contributed by atoms with van der Waals surface area (Å²) in [7, 11) is 0. The van der Waals surface area contributed by atoms with Gasteiger partial charge in [0.05, 0.1) is 43.8 Å². The molecule has 1 spiro atoms. The van der Waals surface area contributed by atoms with E-state index in [1.807, 2.05) is 45.1 Å². The van der Waals surface area contributed by atoms with Crippen LogP contribution in [-0.2, 0) is 23.9 Å². The summed E-state index contributed by atoms with van der Waals surface area (Å²) in [5, 5.41) is 10.5. The molecular formula is C29H44N4O6. The molecule has 6 atom stereocenters. The minimum absolute atomic E-state index is 0.0960. The third-order valence-electron chi connectivity index (χ3n) is 8.89. The largest absolute Gasteiger partial charge is 0.394 e. The van der Waals surface area contributed by atoms with Gasteiger partial charge in [-0.3, -0.25) is 19.3 Å². The van der Waals surface area contributed by atoms with E-state index in [-0.39, 0.29) is 30.2 Å². The molecule has 0 bridgehead atoms. The van der Waals surface area contributed by atoms with Gasteiger partial charge in [0.2, 0.25) is 17.7 Å². The number of aliphatic hydroxyl groups excluding tert-OH is 1. The lowest BCUT2D eigenvalue weighted by Gasteiger charge is -2.39. The first kappa shape index (κ1) is 28.3. The third-order valence-corrected chi connectivity index (χ3v) is 8.89. The average molecular weight is 545 g/mol. The number of amides is 3. The van der Waals surface area contributed by atoms with Crippen LogP contribution < -0.4 is 0 Å². The van der Waals surface area contributed by atoms with E-state index in [1.165, 1.54) is 0 Å². The van der Waals surface area contributed by atoms with Crippen molar-refractivity contribution in [1.82, 2.24) is 19.6 Å². The molecule has 10 nitrogen and oxygen atoms in total. The fraction of sp³-hybridized carbons (Fsp3) is 0.759. The predicted molar refractivity (Wildman–Crippen MR) is 145 cm³/mol. The van der Waals surface area contributed by atoms with Gasteiger partial charge in [0.15, 0.2) is 0 Å². The monoisotopic (exact) mass is 544 g/mol. The molecule has 3 fully saturated rings. The van der Waals surface area contributed by atoms with Crippen LogP contribution >= 0.6 is 0 Å². The molecule has 5 aliphatic heterocycles. The van der Waals surface area contributed by atoms with Gasteiger partial charge in [0, 0.05) is 45.8 Å². The molecule has 1 N–H and O–H groups in total. The number of carbonyl (C=O) groups is 3. The number of morpholine rings is 1. The van der Waals surface area contributed by atoms with Crippen molar-refractivity contribution in [3.8, 4) is 0 Å². The van der Waals surface area contributed by atoms with Crippen molar-refractivity contribution < 1.29 is 29.0 Å². The van der Waals surface area contributed by atoms with Crippen molar-refractivity contribution in [2.75, 3.05) is 65.6 Å². The number of aliphatic hydroxyl groups is 1. The van der Waals surface area contributed by atoms with Crippen LogP contribution in [0.2, 0.25) is 0 Å². The zero-order chi connectivity index (χ0) is 27.7. The number of hydrogen-bond acceptors (Lipinski definition) is 7. The molecule has 0 radical (unpaired) electrons. The summed E-state index contributed by atoms with van der Waals surface area (Å²) in [5.41, 5.74) is -1.25. The molecule has 0 saturated carbocycles. The summed E-state index contributed by atoms with van der Waals surface area (Å²) >= 11 is 0. The normalized spacial score (nSPS) is 33.9. The highest BCUT2D eigenvalue weighted by atomic mass is 16.5. The molecule has 3 amide bonds. The van der Waals surface area contributed by atoms with Crippen LogP contribution in [0.4, 0.5) is 0 Å². The van der Waals surface area contributed by atoms with Crippen molar-refractivity contribution in [3.63, 3.8) is 0 Å². The van der Waals surface area contributed by atoms with Gasteiger partial charge >= 0.3 is 0 Å². The van der Waals surface area contributed by atoms with Crippen molar-refractivity contribution >= 4 is 17.7 Å². The van der Waals surface area contributed by atoms with E-state index in [2.05, 4.69) is 4.90 Å². The maximum absolute atomic E-state index is 14.4. The van der Waals surface area contributed by atoms with E-state index >= 15 is 0 Å².